The molecule has 1 nitrogen and oxygen atoms in total. The molecule has 1 aromatic heterocycles. The Morgan fingerprint density at radius 3 is 2.71 bits per heavy atom. The van der Waals surface area contributed by atoms with Crippen LogP contribution >= 0.6 is 11.3 Å². The molecule has 3 unspecified atom stereocenters. The van der Waals surface area contributed by atoms with E-state index in [9.17, 15) is 5.11 Å². The summed E-state index contributed by atoms with van der Waals surface area (Å²) in [5.74, 6) is 0.584. The first-order chi connectivity index (χ1) is 6.58. The zero-order valence-electron chi connectivity index (χ0n) is 9.08. The van der Waals surface area contributed by atoms with E-state index in [0.29, 0.717) is 5.92 Å². The highest BCUT2D eigenvalue weighted by Gasteiger charge is 2.50. The van der Waals surface area contributed by atoms with Gasteiger partial charge >= 0.3 is 0 Å². The quantitative estimate of drug-likeness (QED) is 0.794. The van der Waals surface area contributed by atoms with Crippen molar-refractivity contribution in [2.75, 3.05) is 0 Å². The fourth-order valence-corrected chi connectivity index (χ4v) is 3.55. The molecule has 1 aliphatic carbocycles. The van der Waals surface area contributed by atoms with Crippen LogP contribution in [0.1, 0.15) is 42.4 Å². The maximum atomic E-state index is 9.81. The Morgan fingerprint density at radius 2 is 2.29 bits per heavy atom. The van der Waals surface area contributed by atoms with Gasteiger partial charge in [0, 0.05) is 21.1 Å². The molecule has 0 amide bonds. The van der Waals surface area contributed by atoms with Crippen LogP contribution in [0.4, 0.5) is 0 Å². The van der Waals surface area contributed by atoms with Crippen molar-refractivity contribution in [2.24, 2.45) is 5.41 Å². The highest BCUT2D eigenvalue weighted by molar-refractivity contribution is 7.12. The minimum atomic E-state index is -0.0973. The summed E-state index contributed by atoms with van der Waals surface area (Å²) >= 11 is 1.88. The Balaban J connectivity index is 2.22. The van der Waals surface area contributed by atoms with E-state index in [0.717, 1.165) is 12.8 Å². The fourth-order valence-electron chi connectivity index (χ4n) is 2.40. The minimum absolute atomic E-state index is 0.0973. The zero-order chi connectivity index (χ0) is 10.3. The van der Waals surface area contributed by atoms with Gasteiger partial charge in [-0.25, -0.2) is 0 Å². The van der Waals surface area contributed by atoms with Crippen LogP contribution < -0.4 is 0 Å². The second-order valence-corrected chi connectivity index (χ2v) is 5.93. The lowest BCUT2D eigenvalue weighted by atomic mass is 9.57. The van der Waals surface area contributed by atoms with Crippen molar-refractivity contribution in [2.45, 2.75) is 45.6 Å². The summed E-state index contributed by atoms with van der Waals surface area (Å²) in [5, 5.41) is 9.81. The fraction of sp³-hybridized carbons (Fsp3) is 0.667. The van der Waals surface area contributed by atoms with Crippen LogP contribution in [0.3, 0.4) is 0 Å². The summed E-state index contributed by atoms with van der Waals surface area (Å²) in [7, 11) is 0. The first-order valence-electron chi connectivity index (χ1n) is 5.32. The summed E-state index contributed by atoms with van der Waals surface area (Å²) in [6.07, 6.45) is 1.92. The Morgan fingerprint density at radius 1 is 1.57 bits per heavy atom. The van der Waals surface area contributed by atoms with Crippen LogP contribution in [0.2, 0.25) is 0 Å². The molecule has 78 valence electrons. The van der Waals surface area contributed by atoms with Gasteiger partial charge in [-0.1, -0.05) is 13.8 Å². The predicted octanol–water partition coefficient (Wildman–Crippen LogP) is 3.32. The van der Waals surface area contributed by atoms with E-state index in [2.05, 4.69) is 32.9 Å². The molecule has 1 aliphatic rings. The smallest absolute Gasteiger partial charge is 0.0606 e. The van der Waals surface area contributed by atoms with E-state index in [-0.39, 0.29) is 11.5 Å². The second-order valence-electron chi connectivity index (χ2n) is 4.61. The van der Waals surface area contributed by atoms with E-state index in [1.807, 2.05) is 11.3 Å². The lowest BCUT2D eigenvalue weighted by Gasteiger charge is -2.51. The summed E-state index contributed by atoms with van der Waals surface area (Å²) in [6.45, 7) is 6.53. The highest BCUT2D eigenvalue weighted by Crippen LogP contribution is 2.55. The maximum Gasteiger partial charge on any atom is 0.0606 e. The van der Waals surface area contributed by atoms with Gasteiger partial charge < -0.3 is 5.11 Å². The molecule has 0 radical (unpaired) electrons. The third-order valence-corrected chi connectivity index (χ3v) is 5.00. The largest absolute Gasteiger partial charge is 0.393 e. The monoisotopic (exact) mass is 210 g/mol. The third-order valence-electron chi connectivity index (χ3n) is 3.88. The van der Waals surface area contributed by atoms with Crippen LogP contribution in [0, 0.1) is 12.3 Å². The molecule has 0 spiro atoms. The van der Waals surface area contributed by atoms with Crippen LogP contribution in [-0.2, 0) is 0 Å². The van der Waals surface area contributed by atoms with E-state index in [1.165, 1.54) is 9.75 Å². The van der Waals surface area contributed by atoms with E-state index in [4.69, 9.17) is 0 Å². The van der Waals surface area contributed by atoms with Gasteiger partial charge in [0.05, 0.1) is 6.10 Å². The van der Waals surface area contributed by atoms with Crippen molar-refractivity contribution in [1.82, 2.24) is 0 Å². The van der Waals surface area contributed by atoms with Crippen molar-refractivity contribution in [3.8, 4) is 0 Å². The number of hydrogen-bond acceptors (Lipinski definition) is 2. The number of rotatable bonds is 2. The molecule has 1 aromatic rings. The molecule has 0 bridgehead atoms. The topological polar surface area (TPSA) is 20.2 Å². The van der Waals surface area contributed by atoms with Crippen LogP contribution in [0.15, 0.2) is 12.1 Å². The lowest BCUT2D eigenvalue weighted by Crippen LogP contribution is -2.48. The first-order valence-corrected chi connectivity index (χ1v) is 6.14. The molecule has 1 fully saturated rings. The van der Waals surface area contributed by atoms with Gasteiger partial charge in [-0.2, -0.15) is 0 Å². The number of thiophene rings is 1. The molecular formula is C12H18OS. The minimum Gasteiger partial charge on any atom is -0.393 e. The normalized spacial score (nSPS) is 36.9. The van der Waals surface area contributed by atoms with E-state index >= 15 is 0 Å². The molecule has 2 rings (SSSR count). The van der Waals surface area contributed by atoms with Crippen molar-refractivity contribution in [3.05, 3.63) is 21.9 Å². The Bertz CT molecular complexity index is 331. The molecule has 3 atom stereocenters. The van der Waals surface area contributed by atoms with Gasteiger partial charge in [0.2, 0.25) is 0 Å². The van der Waals surface area contributed by atoms with Crippen molar-refractivity contribution in [3.63, 3.8) is 0 Å². The standard InChI is InChI=1S/C12H18OS/c1-4-12(3)9(7-11(12)13)10-6-5-8(2)14-10/h5-6,9,11,13H,4,7H2,1-3H3. The molecule has 2 heteroatoms. The summed E-state index contributed by atoms with van der Waals surface area (Å²) in [6, 6.07) is 4.41. The summed E-state index contributed by atoms with van der Waals surface area (Å²) < 4.78 is 0. The molecular weight excluding hydrogens is 192 g/mol. The Labute approximate surface area is 89.8 Å². The van der Waals surface area contributed by atoms with Gasteiger partial charge in [-0.3, -0.25) is 0 Å². The van der Waals surface area contributed by atoms with Crippen LogP contribution in [0.25, 0.3) is 0 Å². The van der Waals surface area contributed by atoms with Crippen molar-refractivity contribution >= 4 is 11.3 Å². The average Bonchev–Trinajstić information content (AvgIpc) is 2.59. The van der Waals surface area contributed by atoms with Crippen LogP contribution in [-0.4, -0.2) is 11.2 Å². The molecule has 1 N–H and O–H groups in total. The Hall–Kier alpha value is -0.340. The SMILES string of the molecule is CCC1(C)C(O)CC1c1ccc(C)s1. The number of aliphatic hydroxyl groups excluding tert-OH is 1. The number of hydrogen-bond donors (Lipinski definition) is 1. The second kappa shape index (κ2) is 3.35. The maximum absolute atomic E-state index is 9.81. The Kier molecular flexibility index (Phi) is 2.44. The highest BCUT2D eigenvalue weighted by atomic mass is 32.1. The van der Waals surface area contributed by atoms with Crippen molar-refractivity contribution < 1.29 is 5.11 Å². The first kappa shape index (κ1) is 10.2. The van der Waals surface area contributed by atoms with Crippen LogP contribution in [0.5, 0.6) is 0 Å². The number of aryl methyl sites for hydroxylation is 1. The lowest BCUT2D eigenvalue weighted by molar-refractivity contribution is -0.0766. The molecule has 0 aromatic carbocycles. The molecule has 14 heavy (non-hydrogen) atoms. The van der Waals surface area contributed by atoms with Crippen molar-refractivity contribution in [1.29, 1.82) is 0 Å². The van der Waals surface area contributed by atoms with E-state index in [1.54, 1.807) is 0 Å². The van der Waals surface area contributed by atoms with Gasteiger partial charge in [0.1, 0.15) is 0 Å². The molecule has 0 saturated heterocycles. The predicted molar refractivity (Wildman–Crippen MR) is 60.8 cm³/mol. The molecule has 0 aliphatic heterocycles. The van der Waals surface area contributed by atoms with E-state index < -0.39 is 0 Å². The summed E-state index contributed by atoms with van der Waals surface area (Å²) in [4.78, 5) is 2.83. The number of aliphatic hydroxyl groups is 1. The average molecular weight is 210 g/mol. The summed E-state index contributed by atoms with van der Waals surface area (Å²) in [5.41, 5.74) is 0.122. The zero-order valence-corrected chi connectivity index (χ0v) is 9.90. The van der Waals surface area contributed by atoms with Gasteiger partial charge in [0.15, 0.2) is 0 Å². The molecule has 1 heterocycles. The molecule has 1 saturated carbocycles. The third kappa shape index (κ3) is 1.32. The van der Waals surface area contributed by atoms with Gasteiger partial charge in [0.25, 0.3) is 0 Å². The van der Waals surface area contributed by atoms with Gasteiger partial charge in [-0.15, -0.1) is 11.3 Å². The van der Waals surface area contributed by atoms with Gasteiger partial charge in [-0.05, 0) is 31.9 Å².